The van der Waals surface area contributed by atoms with Crippen LogP contribution in [-0.4, -0.2) is 41.5 Å². The lowest BCUT2D eigenvalue weighted by molar-refractivity contribution is -0.141. The number of hydrogen-bond donors (Lipinski definition) is 3. The molecule has 4 N–H and O–H groups in total. The Labute approximate surface area is 102 Å². The molecular formula is C10H14F3N3O2. The molecular weight excluding hydrogens is 251 g/mol. The second-order valence-corrected chi connectivity index (χ2v) is 3.56. The smallest absolute Gasteiger partial charge is 0.396 e. The Morgan fingerprint density at radius 3 is 2.22 bits per heavy atom. The quantitative estimate of drug-likeness (QED) is 0.721. The number of halogens is 3. The highest BCUT2D eigenvalue weighted by molar-refractivity contribution is 5.67. The number of pyridine rings is 1. The maximum Gasteiger partial charge on any atom is 0.433 e. The Bertz CT molecular complexity index is 392. The van der Waals surface area contributed by atoms with E-state index in [2.05, 4.69) is 4.98 Å². The van der Waals surface area contributed by atoms with Gasteiger partial charge in [0.15, 0.2) is 0 Å². The summed E-state index contributed by atoms with van der Waals surface area (Å²) in [4.78, 5) is 4.58. The number of alkyl halides is 3. The van der Waals surface area contributed by atoms with Gasteiger partial charge in [-0.15, -0.1) is 0 Å². The van der Waals surface area contributed by atoms with Gasteiger partial charge in [-0.05, 0) is 6.07 Å². The van der Waals surface area contributed by atoms with Gasteiger partial charge in [-0.3, -0.25) is 0 Å². The Balaban J connectivity index is 3.11. The van der Waals surface area contributed by atoms with Crippen LogP contribution < -0.4 is 10.6 Å². The fraction of sp³-hybridized carbons (Fsp3) is 0.500. The van der Waals surface area contributed by atoms with Crippen molar-refractivity contribution in [1.82, 2.24) is 4.98 Å². The van der Waals surface area contributed by atoms with E-state index in [1.54, 1.807) is 0 Å². The first-order valence-corrected chi connectivity index (χ1v) is 5.19. The standard InChI is InChI=1S/C10H14F3N3O2/c11-10(12,13)9-5-8(7(14)6-15-9)16(1-3-17)2-4-18/h5-6,17-18H,1-4,14H2. The summed E-state index contributed by atoms with van der Waals surface area (Å²) in [5, 5.41) is 17.7. The molecule has 102 valence electrons. The van der Waals surface area contributed by atoms with Crippen molar-refractivity contribution in [3.8, 4) is 0 Å². The zero-order valence-corrected chi connectivity index (χ0v) is 9.48. The lowest BCUT2D eigenvalue weighted by Gasteiger charge is -2.25. The fourth-order valence-electron chi connectivity index (χ4n) is 1.48. The highest BCUT2D eigenvalue weighted by Crippen LogP contribution is 2.32. The molecule has 18 heavy (non-hydrogen) atoms. The Kier molecular flexibility index (Phi) is 4.74. The van der Waals surface area contributed by atoms with Gasteiger partial charge >= 0.3 is 6.18 Å². The van der Waals surface area contributed by atoms with E-state index in [9.17, 15) is 13.2 Å². The van der Waals surface area contributed by atoms with E-state index in [-0.39, 0.29) is 37.7 Å². The number of aliphatic hydroxyl groups excluding tert-OH is 2. The zero-order valence-electron chi connectivity index (χ0n) is 9.48. The van der Waals surface area contributed by atoms with Gasteiger partial charge in [-0.25, -0.2) is 4.98 Å². The van der Waals surface area contributed by atoms with Crippen LogP contribution in [0, 0.1) is 0 Å². The van der Waals surface area contributed by atoms with Crippen LogP contribution in [0.4, 0.5) is 24.5 Å². The summed E-state index contributed by atoms with van der Waals surface area (Å²) in [6.07, 6.45) is -3.65. The van der Waals surface area contributed by atoms with Crippen molar-refractivity contribution in [1.29, 1.82) is 0 Å². The van der Waals surface area contributed by atoms with E-state index in [1.165, 1.54) is 4.90 Å². The first-order valence-electron chi connectivity index (χ1n) is 5.19. The summed E-state index contributed by atoms with van der Waals surface area (Å²) in [7, 11) is 0. The largest absolute Gasteiger partial charge is 0.433 e. The number of nitrogens with two attached hydrogens (primary N) is 1. The molecule has 0 atom stereocenters. The van der Waals surface area contributed by atoms with Gasteiger partial charge in [-0.1, -0.05) is 0 Å². The number of aliphatic hydroxyl groups is 2. The minimum atomic E-state index is -4.56. The summed E-state index contributed by atoms with van der Waals surface area (Å²) in [5.41, 5.74) is 4.65. The van der Waals surface area contributed by atoms with Crippen molar-refractivity contribution in [3.05, 3.63) is 18.0 Å². The predicted octanol–water partition coefficient (Wildman–Crippen LogP) is 0.474. The van der Waals surface area contributed by atoms with Gasteiger partial charge < -0.3 is 20.8 Å². The molecule has 0 aliphatic heterocycles. The summed E-state index contributed by atoms with van der Waals surface area (Å²) >= 11 is 0. The third-order valence-electron chi connectivity index (χ3n) is 2.28. The molecule has 0 spiro atoms. The first kappa shape index (κ1) is 14.5. The maximum atomic E-state index is 12.5. The summed E-state index contributed by atoms with van der Waals surface area (Å²) < 4.78 is 37.5. The number of aromatic nitrogens is 1. The van der Waals surface area contributed by atoms with Crippen molar-refractivity contribution in [2.24, 2.45) is 0 Å². The SMILES string of the molecule is Nc1cnc(C(F)(F)F)cc1N(CCO)CCO. The van der Waals surface area contributed by atoms with E-state index in [0.717, 1.165) is 12.3 Å². The average Bonchev–Trinajstić information content (AvgIpc) is 2.28. The van der Waals surface area contributed by atoms with Crippen molar-refractivity contribution < 1.29 is 23.4 Å². The van der Waals surface area contributed by atoms with E-state index >= 15 is 0 Å². The summed E-state index contributed by atoms with van der Waals surface area (Å²) in [6.45, 7) is -0.371. The molecule has 1 aromatic rings. The van der Waals surface area contributed by atoms with Crippen LogP contribution in [0.1, 0.15) is 5.69 Å². The maximum absolute atomic E-state index is 12.5. The molecule has 0 saturated heterocycles. The topological polar surface area (TPSA) is 82.6 Å². The van der Waals surface area contributed by atoms with Gasteiger partial charge in [-0.2, -0.15) is 13.2 Å². The normalized spacial score (nSPS) is 11.6. The van der Waals surface area contributed by atoms with E-state index in [0.29, 0.717) is 0 Å². The number of nitrogens with zero attached hydrogens (tertiary/aromatic N) is 2. The van der Waals surface area contributed by atoms with Crippen LogP contribution in [0.5, 0.6) is 0 Å². The average molecular weight is 265 g/mol. The van der Waals surface area contributed by atoms with Crippen molar-refractivity contribution in [3.63, 3.8) is 0 Å². The molecule has 0 amide bonds. The molecule has 1 heterocycles. The molecule has 0 bridgehead atoms. The molecule has 0 fully saturated rings. The second kappa shape index (κ2) is 5.87. The number of anilines is 2. The highest BCUT2D eigenvalue weighted by Gasteiger charge is 2.33. The van der Waals surface area contributed by atoms with Gasteiger partial charge in [0.1, 0.15) is 5.69 Å². The van der Waals surface area contributed by atoms with E-state index < -0.39 is 11.9 Å². The lowest BCUT2D eigenvalue weighted by atomic mass is 10.2. The predicted molar refractivity (Wildman–Crippen MR) is 60.0 cm³/mol. The minimum Gasteiger partial charge on any atom is -0.396 e. The molecule has 5 nitrogen and oxygen atoms in total. The number of hydrogen-bond acceptors (Lipinski definition) is 5. The number of nitrogen functional groups attached to an aromatic ring is 1. The molecule has 8 heteroatoms. The van der Waals surface area contributed by atoms with Crippen molar-refractivity contribution in [2.45, 2.75) is 6.18 Å². The van der Waals surface area contributed by atoms with Crippen LogP contribution in [0.2, 0.25) is 0 Å². The van der Waals surface area contributed by atoms with Crippen LogP contribution in [0.3, 0.4) is 0 Å². The van der Waals surface area contributed by atoms with Gasteiger partial charge in [0.25, 0.3) is 0 Å². The van der Waals surface area contributed by atoms with Gasteiger partial charge in [0, 0.05) is 13.1 Å². The van der Waals surface area contributed by atoms with Gasteiger partial charge in [0.05, 0.1) is 30.8 Å². The molecule has 0 aliphatic carbocycles. The zero-order chi connectivity index (χ0) is 13.8. The van der Waals surface area contributed by atoms with Gasteiger partial charge in [0.2, 0.25) is 0 Å². The third kappa shape index (κ3) is 3.47. The molecule has 0 aliphatic rings. The minimum absolute atomic E-state index is 0.0601. The molecule has 0 saturated carbocycles. The molecule has 1 aromatic heterocycles. The van der Waals surface area contributed by atoms with Crippen LogP contribution >= 0.6 is 0 Å². The van der Waals surface area contributed by atoms with Crippen molar-refractivity contribution in [2.75, 3.05) is 36.9 Å². The van der Waals surface area contributed by atoms with E-state index in [1.807, 2.05) is 0 Å². The molecule has 0 unspecified atom stereocenters. The Morgan fingerprint density at radius 2 is 1.78 bits per heavy atom. The lowest BCUT2D eigenvalue weighted by Crippen LogP contribution is -2.30. The van der Waals surface area contributed by atoms with Crippen molar-refractivity contribution >= 4 is 11.4 Å². The summed E-state index contributed by atoms with van der Waals surface area (Å²) in [6, 6.07) is 0.806. The highest BCUT2D eigenvalue weighted by atomic mass is 19.4. The number of rotatable bonds is 5. The third-order valence-corrected chi connectivity index (χ3v) is 2.28. The second-order valence-electron chi connectivity index (χ2n) is 3.56. The summed E-state index contributed by atoms with van der Waals surface area (Å²) in [5.74, 6) is 0. The molecule has 0 aromatic carbocycles. The Hall–Kier alpha value is -1.54. The Morgan fingerprint density at radius 1 is 1.22 bits per heavy atom. The van der Waals surface area contributed by atoms with Crippen LogP contribution in [0.15, 0.2) is 12.3 Å². The molecule has 1 rings (SSSR count). The molecule has 0 radical (unpaired) electrons. The van der Waals surface area contributed by atoms with E-state index in [4.69, 9.17) is 15.9 Å². The van der Waals surface area contributed by atoms with Crippen LogP contribution in [-0.2, 0) is 6.18 Å². The van der Waals surface area contributed by atoms with Crippen LogP contribution in [0.25, 0.3) is 0 Å². The first-order chi connectivity index (χ1) is 8.40. The monoisotopic (exact) mass is 265 g/mol. The fourth-order valence-corrected chi connectivity index (χ4v) is 1.48.